The molecule has 24 heavy (non-hydrogen) atoms. The number of hydrogen-bond acceptors (Lipinski definition) is 7. The van der Waals surface area contributed by atoms with E-state index in [1.165, 1.54) is 10.4 Å². The Labute approximate surface area is 144 Å². The summed E-state index contributed by atoms with van der Waals surface area (Å²) in [4.78, 5) is 11.0. The van der Waals surface area contributed by atoms with Crippen LogP contribution < -0.4 is 19.5 Å². The Hall–Kier alpha value is -2.54. The van der Waals surface area contributed by atoms with Gasteiger partial charge in [-0.15, -0.1) is 11.3 Å². The molecule has 0 unspecified atom stereocenters. The highest BCUT2D eigenvalue weighted by Crippen LogP contribution is 2.41. The average molecular weight is 345 g/mol. The van der Waals surface area contributed by atoms with Crippen molar-refractivity contribution in [2.45, 2.75) is 13.8 Å². The summed E-state index contributed by atoms with van der Waals surface area (Å²) in [6.07, 6.45) is 1.57. The van der Waals surface area contributed by atoms with E-state index in [9.17, 15) is 0 Å². The molecule has 2 aromatic heterocycles. The topological polar surface area (TPSA) is 65.5 Å². The van der Waals surface area contributed by atoms with Crippen molar-refractivity contribution in [2.75, 3.05) is 26.6 Å². The number of ether oxygens (including phenoxy) is 3. The van der Waals surface area contributed by atoms with Crippen LogP contribution in [0.3, 0.4) is 0 Å². The fourth-order valence-electron chi connectivity index (χ4n) is 2.57. The van der Waals surface area contributed by atoms with Crippen molar-refractivity contribution in [3.05, 3.63) is 28.9 Å². The van der Waals surface area contributed by atoms with E-state index in [-0.39, 0.29) is 0 Å². The summed E-state index contributed by atoms with van der Waals surface area (Å²) in [7, 11) is 4.77. The Balaban J connectivity index is 2.09. The van der Waals surface area contributed by atoms with Crippen LogP contribution in [0.4, 0.5) is 11.5 Å². The summed E-state index contributed by atoms with van der Waals surface area (Å²) in [6.45, 7) is 4.17. The fraction of sp³-hybridized carbons (Fsp3) is 0.294. The molecule has 0 bridgehead atoms. The maximum Gasteiger partial charge on any atom is 0.203 e. The number of hydrogen-bond donors (Lipinski definition) is 1. The second kappa shape index (κ2) is 6.52. The van der Waals surface area contributed by atoms with Gasteiger partial charge in [-0.25, -0.2) is 9.97 Å². The molecular weight excluding hydrogens is 326 g/mol. The normalized spacial score (nSPS) is 10.7. The van der Waals surface area contributed by atoms with Crippen molar-refractivity contribution >= 4 is 33.1 Å². The Morgan fingerprint density at radius 1 is 0.958 bits per heavy atom. The molecule has 0 saturated carbocycles. The number of anilines is 2. The van der Waals surface area contributed by atoms with Gasteiger partial charge >= 0.3 is 0 Å². The molecule has 0 atom stereocenters. The number of nitrogens with one attached hydrogen (secondary N) is 1. The Morgan fingerprint density at radius 3 is 2.21 bits per heavy atom. The number of aromatic nitrogens is 2. The Kier molecular flexibility index (Phi) is 4.44. The summed E-state index contributed by atoms with van der Waals surface area (Å²) >= 11 is 1.66. The van der Waals surface area contributed by atoms with Gasteiger partial charge in [0.05, 0.1) is 26.7 Å². The van der Waals surface area contributed by atoms with Crippen LogP contribution in [-0.4, -0.2) is 31.3 Å². The highest BCUT2D eigenvalue weighted by Gasteiger charge is 2.16. The van der Waals surface area contributed by atoms with Crippen molar-refractivity contribution < 1.29 is 14.2 Å². The zero-order valence-corrected chi connectivity index (χ0v) is 15.1. The number of fused-ring (bicyclic) bond motifs is 1. The first kappa shape index (κ1) is 16.3. The minimum Gasteiger partial charge on any atom is -0.493 e. The minimum atomic E-state index is 0.556. The van der Waals surface area contributed by atoms with Crippen molar-refractivity contribution in [3.63, 3.8) is 0 Å². The van der Waals surface area contributed by atoms with E-state index in [2.05, 4.69) is 29.1 Å². The van der Waals surface area contributed by atoms with Gasteiger partial charge < -0.3 is 19.5 Å². The lowest BCUT2D eigenvalue weighted by molar-refractivity contribution is 0.324. The molecule has 0 fully saturated rings. The van der Waals surface area contributed by atoms with Crippen LogP contribution in [0, 0.1) is 13.8 Å². The first-order valence-electron chi connectivity index (χ1n) is 7.36. The number of nitrogens with zero attached hydrogens (tertiary/aromatic N) is 2. The van der Waals surface area contributed by atoms with Gasteiger partial charge in [-0.3, -0.25) is 0 Å². The van der Waals surface area contributed by atoms with E-state index in [1.54, 1.807) is 39.0 Å². The van der Waals surface area contributed by atoms with Gasteiger partial charge in [0.15, 0.2) is 11.5 Å². The van der Waals surface area contributed by atoms with E-state index in [4.69, 9.17) is 14.2 Å². The lowest BCUT2D eigenvalue weighted by atomic mass is 10.2. The average Bonchev–Trinajstić information content (AvgIpc) is 2.89. The summed E-state index contributed by atoms with van der Waals surface area (Å²) in [5, 5.41) is 4.38. The summed E-state index contributed by atoms with van der Waals surface area (Å²) < 4.78 is 16.1. The predicted molar refractivity (Wildman–Crippen MR) is 96.3 cm³/mol. The third kappa shape index (κ3) is 2.71. The van der Waals surface area contributed by atoms with Gasteiger partial charge in [0.25, 0.3) is 0 Å². The van der Waals surface area contributed by atoms with Crippen LogP contribution >= 0.6 is 11.3 Å². The molecule has 3 rings (SSSR count). The molecule has 2 heterocycles. The largest absolute Gasteiger partial charge is 0.493 e. The van der Waals surface area contributed by atoms with E-state index in [1.807, 2.05) is 12.1 Å². The monoisotopic (exact) mass is 345 g/mol. The molecule has 126 valence electrons. The molecule has 0 aliphatic heterocycles. The second-order valence-corrected chi connectivity index (χ2v) is 6.43. The zero-order chi connectivity index (χ0) is 17.3. The molecule has 0 spiro atoms. The van der Waals surface area contributed by atoms with Gasteiger partial charge in [0.2, 0.25) is 5.75 Å². The van der Waals surface area contributed by atoms with Crippen LogP contribution in [0.25, 0.3) is 10.2 Å². The third-order valence-corrected chi connectivity index (χ3v) is 5.01. The fourth-order valence-corrected chi connectivity index (χ4v) is 3.56. The third-order valence-electron chi connectivity index (χ3n) is 3.89. The highest BCUT2D eigenvalue weighted by molar-refractivity contribution is 7.18. The quantitative estimate of drug-likeness (QED) is 0.752. The standard InChI is InChI=1S/C17H19N3O3S/c1-9-10(2)24-17-14(9)16(18-8-19-17)20-11-6-12(21-3)15(23-5)13(7-11)22-4/h6-8H,1-5H3,(H,18,19,20). The van der Waals surface area contributed by atoms with Crippen molar-refractivity contribution in [3.8, 4) is 17.2 Å². The van der Waals surface area contributed by atoms with Crippen LogP contribution in [0.2, 0.25) is 0 Å². The number of methoxy groups -OCH3 is 3. The van der Waals surface area contributed by atoms with Gasteiger partial charge in [-0.2, -0.15) is 0 Å². The van der Waals surface area contributed by atoms with E-state index < -0.39 is 0 Å². The second-order valence-electron chi connectivity index (χ2n) is 5.22. The number of benzene rings is 1. The maximum atomic E-state index is 5.40. The van der Waals surface area contributed by atoms with Crippen molar-refractivity contribution in [2.24, 2.45) is 0 Å². The lowest BCUT2D eigenvalue weighted by Crippen LogP contribution is -1.99. The molecule has 1 aromatic carbocycles. The summed E-state index contributed by atoms with van der Waals surface area (Å²) in [5.74, 6) is 2.49. The predicted octanol–water partition coefficient (Wildman–Crippen LogP) is 4.08. The van der Waals surface area contributed by atoms with Crippen LogP contribution in [0.15, 0.2) is 18.5 Å². The van der Waals surface area contributed by atoms with Gasteiger partial charge in [-0.1, -0.05) is 0 Å². The molecule has 0 aliphatic rings. The first-order valence-corrected chi connectivity index (χ1v) is 8.18. The number of aryl methyl sites for hydroxylation is 2. The van der Waals surface area contributed by atoms with Crippen molar-refractivity contribution in [1.29, 1.82) is 0 Å². The van der Waals surface area contributed by atoms with Gasteiger partial charge in [-0.05, 0) is 19.4 Å². The molecule has 0 aliphatic carbocycles. The molecule has 0 saturated heterocycles. The van der Waals surface area contributed by atoms with Crippen LogP contribution in [0.5, 0.6) is 17.2 Å². The molecule has 0 radical (unpaired) electrons. The molecule has 1 N–H and O–H groups in total. The van der Waals surface area contributed by atoms with Crippen LogP contribution in [-0.2, 0) is 0 Å². The molecule has 3 aromatic rings. The maximum absolute atomic E-state index is 5.40. The highest BCUT2D eigenvalue weighted by atomic mass is 32.1. The molecule has 0 amide bonds. The smallest absolute Gasteiger partial charge is 0.203 e. The van der Waals surface area contributed by atoms with E-state index in [0.29, 0.717) is 17.2 Å². The lowest BCUT2D eigenvalue weighted by Gasteiger charge is -2.15. The zero-order valence-electron chi connectivity index (χ0n) is 14.3. The van der Waals surface area contributed by atoms with E-state index >= 15 is 0 Å². The minimum absolute atomic E-state index is 0.556. The molecular formula is C17H19N3O3S. The van der Waals surface area contributed by atoms with Crippen LogP contribution in [0.1, 0.15) is 10.4 Å². The van der Waals surface area contributed by atoms with E-state index in [0.717, 1.165) is 21.7 Å². The SMILES string of the molecule is COc1cc(Nc2ncnc3sc(C)c(C)c23)cc(OC)c1OC. The summed E-state index contributed by atoms with van der Waals surface area (Å²) in [6, 6.07) is 3.70. The Bertz CT molecular complexity index is 867. The van der Waals surface area contributed by atoms with Gasteiger partial charge in [0, 0.05) is 22.7 Å². The first-order chi connectivity index (χ1) is 11.6. The van der Waals surface area contributed by atoms with Crippen molar-refractivity contribution in [1.82, 2.24) is 9.97 Å². The Morgan fingerprint density at radius 2 is 1.62 bits per heavy atom. The number of thiophene rings is 1. The number of rotatable bonds is 5. The molecule has 6 nitrogen and oxygen atoms in total. The van der Waals surface area contributed by atoms with Gasteiger partial charge in [0.1, 0.15) is 17.0 Å². The molecule has 7 heteroatoms. The summed E-state index contributed by atoms with van der Waals surface area (Å²) in [5.41, 5.74) is 1.98.